The zero-order valence-electron chi connectivity index (χ0n) is 19.1. The van der Waals surface area contributed by atoms with Crippen LogP contribution in [0.2, 0.25) is 0 Å². The van der Waals surface area contributed by atoms with Crippen molar-refractivity contribution in [3.63, 3.8) is 0 Å². The second-order valence-corrected chi connectivity index (χ2v) is 8.79. The molecule has 0 saturated heterocycles. The van der Waals surface area contributed by atoms with E-state index in [0.717, 1.165) is 10.5 Å². The summed E-state index contributed by atoms with van der Waals surface area (Å²) in [5.41, 5.74) is 15.4. The molecule has 0 fully saturated rings. The number of imide groups is 1. The van der Waals surface area contributed by atoms with E-state index >= 15 is 0 Å². The van der Waals surface area contributed by atoms with E-state index in [2.05, 4.69) is 0 Å². The van der Waals surface area contributed by atoms with Gasteiger partial charge in [0.1, 0.15) is 12.1 Å². The lowest BCUT2D eigenvalue weighted by Crippen LogP contribution is -2.41. The minimum Gasteiger partial charge on any atom is -0.398 e. The van der Waals surface area contributed by atoms with E-state index in [1.807, 2.05) is 12.1 Å². The summed E-state index contributed by atoms with van der Waals surface area (Å²) in [5, 5.41) is 19.3. The molecule has 2 heterocycles. The molecule has 2 aliphatic heterocycles. The van der Waals surface area contributed by atoms with Gasteiger partial charge in [-0.1, -0.05) is 6.07 Å². The van der Waals surface area contributed by atoms with E-state index in [-0.39, 0.29) is 35.1 Å². The zero-order chi connectivity index (χ0) is 26.0. The van der Waals surface area contributed by atoms with Gasteiger partial charge in [-0.15, -0.1) is 0 Å². The lowest BCUT2D eigenvalue weighted by Gasteiger charge is -2.33. The molecule has 2 aliphatic rings. The highest BCUT2D eigenvalue weighted by Crippen LogP contribution is 2.40. The van der Waals surface area contributed by atoms with Crippen LogP contribution in [0.5, 0.6) is 0 Å². The van der Waals surface area contributed by atoms with Crippen LogP contribution in [-0.2, 0) is 6.54 Å². The molecule has 0 aliphatic carbocycles. The number of carbonyl (C=O) groups excluding carboxylic acids is 3. The lowest BCUT2D eigenvalue weighted by atomic mass is 9.86. The molecule has 176 valence electrons. The van der Waals surface area contributed by atoms with E-state index in [1.54, 1.807) is 47.4 Å². The third-order valence-electron chi connectivity index (χ3n) is 6.80. The number of anilines is 4. The molecule has 6 rings (SSSR count). The van der Waals surface area contributed by atoms with Gasteiger partial charge in [0.25, 0.3) is 17.7 Å². The molecule has 9 heteroatoms. The monoisotopic (exact) mass is 484 g/mol. The van der Waals surface area contributed by atoms with Gasteiger partial charge in [0.05, 0.1) is 34.7 Å². The Kier molecular flexibility index (Phi) is 4.53. The lowest BCUT2D eigenvalue weighted by molar-refractivity contribution is 0.0891. The van der Waals surface area contributed by atoms with Gasteiger partial charge in [-0.25, -0.2) is 4.90 Å². The average Bonchev–Trinajstić information content (AvgIpc) is 2.90. The summed E-state index contributed by atoms with van der Waals surface area (Å²) in [4.78, 5) is 43.2. The summed E-state index contributed by atoms with van der Waals surface area (Å²) in [6.07, 6.45) is 0. The first-order chi connectivity index (χ1) is 17.8. The predicted octanol–water partition coefficient (Wildman–Crippen LogP) is 3.71. The van der Waals surface area contributed by atoms with Crippen LogP contribution in [0.1, 0.15) is 47.8 Å². The standard InChI is InChI=1S/C28H16N6O3/c29-11-14-1-4-17(9-22(14)31)33-13-16-3-6-20-25-21(8-7-19(24(16)25)26(33)35)28(37)34(27(20)36)18-5-2-15(12-30)23(32)10-18/h1-10H,13,31-32H2. The van der Waals surface area contributed by atoms with E-state index in [9.17, 15) is 14.4 Å². The van der Waals surface area contributed by atoms with Crippen molar-refractivity contribution >= 4 is 51.2 Å². The van der Waals surface area contributed by atoms with Crippen LogP contribution in [0.4, 0.5) is 22.7 Å². The third kappa shape index (κ3) is 2.98. The fraction of sp³-hybridized carbons (Fsp3) is 0.0357. The van der Waals surface area contributed by atoms with Gasteiger partial charge in [-0.2, -0.15) is 10.5 Å². The fourth-order valence-corrected chi connectivity index (χ4v) is 5.01. The van der Waals surface area contributed by atoms with Crippen molar-refractivity contribution in [2.75, 3.05) is 21.3 Å². The second-order valence-electron chi connectivity index (χ2n) is 8.79. The summed E-state index contributed by atoms with van der Waals surface area (Å²) < 4.78 is 0. The second kappa shape index (κ2) is 7.67. The van der Waals surface area contributed by atoms with Gasteiger partial charge in [0.2, 0.25) is 0 Å². The highest BCUT2D eigenvalue weighted by atomic mass is 16.2. The smallest absolute Gasteiger partial charge is 0.265 e. The van der Waals surface area contributed by atoms with Crippen LogP contribution in [0.25, 0.3) is 10.8 Å². The minimum absolute atomic E-state index is 0.158. The molecule has 0 saturated carbocycles. The molecule has 0 radical (unpaired) electrons. The number of hydrogen-bond acceptors (Lipinski definition) is 7. The number of nitrogens with zero attached hydrogens (tertiary/aromatic N) is 4. The van der Waals surface area contributed by atoms with Crippen LogP contribution in [0, 0.1) is 22.7 Å². The maximum absolute atomic E-state index is 13.5. The number of nitriles is 2. The maximum Gasteiger partial charge on any atom is 0.265 e. The van der Waals surface area contributed by atoms with Crippen LogP contribution < -0.4 is 21.3 Å². The molecule has 0 atom stereocenters. The van der Waals surface area contributed by atoms with Crippen molar-refractivity contribution in [1.82, 2.24) is 0 Å². The first kappa shape index (κ1) is 21.8. The molecule has 0 aromatic heterocycles. The Morgan fingerprint density at radius 3 is 1.73 bits per heavy atom. The Bertz CT molecular complexity index is 1810. The number of nitrogens with two attached hydrogens (primary N) is 2. The van der Waals surface area contributed by atoms with Crippen LogP contribution >= 0.6 is 0 Å². The molecule has 0 bridgehead atoms. The number of carbonyl (C=O) groups is 3. The molecular formula is C28H16N6O3. The minimum atomic E-state index is -0.542. The summed E-state index contributed by atoms with van der Waals surface area (Å²) in [6, 6.07) is 19.7. The van der Waals surface area contributed by atoms with Gasteiger partial charge in [0, 0.05) is 33.2 Å². The van der Waals surface area contributed by atoms with E-state index in [1.165, 1.54) is 18.2 Å². The number of rotatable bonds is 2. The van der Waals surface area contributed by atoms with Crippen molar-refractivity contribution in [2.45, 2.75) is 6.54 Å². The quantitative estimate of drug-likeness (QED) is 0.324. The fourth-order valence-electron chi connectivity index (χ4n) is 5.01. The highest BCUT2D eigenvalue weighted by molar-refractivity contribution is 6.37. The first-order valence-corrected chi connectivity index (χ1v) is 11.2. The summed E-state index contributed by atoms with van der Waals surface area (Å²) in [7, 11) is 0. The maximum atomic E-state index is 13.5. The Balaban J connectivity index is 1.48. The zero-order valence-corrected chi connectivity index (χ0v) is 19.1. The Hall–Kier alpha value is -5.67. The number of amides is 3. The van der Waals surface area contributed by atoms with Gasteiger partial charge in [-0.05, 0) is 60.2 Å². The number of nitrogen functional groups attached to an aromatic ring is 2. The van der Waals surface area contributed by atoms with Gasteiger partial charge in [0.15, 0.2) is 0 Å². The van der Waals surface area contributed by atoms with Crippen LogP contribution in [0.15, 0.2) is 60.7 Å². The Labute approximate surface area is 210 Å². The molecular weight excluding hydrogens is 468 g/mol. The SMILES string of the molecule is N#Cc1ccc(N2Cc3ccc4c5c(ccc(c35)C2=O)C(=O)N(c2ccc(C#N)c(N)c2)C4=O)cc1N. The first-order valence-electron chi connectivity index (χ1n) is 11.2. The van der Waals surface area contributed by atoms with Gasteiger partial charge in [-0.3, -0.25) is 14.4 Å². The van der Waals surface area contributed by atoms with Crippen molar-refractivity contribution < 1.29 is 14.4 Å². The largest absolute Gasteiger partial charge is 0.398 e. The molecule has 0 unspecified atom stereocenters. The van der Waals surface area contributed by atoms with Crippen LogP contribution in [0.3, 0.4) is 0 Å². The average molecular weight is 484 g/mol. The summed E-state index contributed by atoms with van der Waals surface area (Å²) in [5.74, 6) is -1.39. The molecule has 9 nitrogen and oxygen atoms in total. The van der Waals surface area contributed by atoms with Crippen molar-refractivity contribution in [1.29, 1.82) is 10.5 Å². The van der Waals surface area contributed by atoms with Gasteiger partial charge >= 0.3 is 0 Å². The molecule has 37 heavy (non-hydrogen) atoms. The third-order valence-corrected chi connectivity index (χ3v) is 6.80. The number of benzene rings is 4. The summed E-state index contributed by atoms with van der Waals surface area (Å²) >= 11 is 0. The summed E-state index contributed by atoms with van der Waals surface area (Å²) in [6.45, 7) is 0.204. The van der Waals surface area contributed by atoms with Gasteiger partial charge < -0.3 is 16.4 Å². The van der Waals surface area contributed by atoms with E-state index in [4.69, 9.17) is 22.0 Å². The molecule has 4 aromatic carbocycles. The highest BCUT2D eigenvalue weighted by Gasteiger charge is 2.38. The van der Waals surface area contributed by atoms with Crippen molar-refractivity contribution in [3.05, 3.63) is 94.0 Å². The predicted molar refractivity (Wildman–Crippen MR) is 137 cm³/mol. The van der Waals surface area contributed by atoms with Crippen molar-refractivity contribution in [3.8, 4) is 12.1 Å². The van der Waals surface area contributed by atoms with E-state index < -0.39 is 11.8 Å². The number of hydrogen-bond donors (Lipinski definition) is 2. The molecule has 3 amide bonds. The Morgan fingerprint density at radius 1 is 0.649 bits per heavy atom. The molecule has 0 spiro atoms. The van der Waals surface area contributed by atoms with E-state index in [0.29, 0.717) is 38.7 Å². The Morgan fingerprint density at radius 2 is 1.16 bits per heavy atom. The topological polar surface area (TPSA) is 157 Å². The van der Waals surface area contributed by atoms with Crippen LogP contribution in [-0.4, -0.2) is 17.7 Å². The normalized spacial score (nSPS) is 14.1. The molecule has 4 aromatic rings. The molecule has 4 N–H and O–H groups in total. The van der Waals surface area contributed by atoms with Crippen molar-refractivity contribution in [2.24, 2.45) is 0 Å².